The minimum Gasteiger partial charge on any atom is -0.363 e. The van der Waals surface area contributed by atoms with Gasteiger partial charge < -0.3 is 10.6 Å². The van der Waals surface area contributed by atoms with Crippen molar-refractivity contribution in [2.75, 3.05) is 6.54 Å². The van der Waals surface area contributed by atoms with Gasteiger partial charge in [0.25, 0.3) is 0 Å². The fraction of sp³-hybridized carbons (Fsp3) is 0.636. The van der Waals surface area contributed by atoms with Crippen LogP contribution < -0.4 is 10.6 Å². The van der Waals surface area contributed by atoms with Crippen LogP contribution in [0, 0.1) is 6.92 Å². The number of aryl methyl sites for hydroxylation is 2. The van der Waals surface area contributed by atoms with Crippen molar-refractivity contribution in [3.63, 3.8) is 0 Å². The zero-order valence-corrected chi connectivity index (χ0v) is 11.0. The summed E-state index contributed by atoms with van der Waals surface area (Å²) in [5, 5.41) is 11.4. The van der Waals surface area contributed by atoms with E-state index >= 15 is 0 Å². The third-order valence-electron chi connectivity index (χ3n) is 2.04. The van der Waals surface area contributed by atoms with E-state index in [-0.39, 0.29) is 0 Å². The number of rotatable bonds is 5. The topological polar surface area (TPSA) is 41.9 Å². The molecule has 0 aliphatic rings. The average Bonchev–Trinajstić information content (AvgIpc) is 2.58. The van der Waals surface area contributed by atoms with Crippen molar-refractivity contribution in [3.05, 3.63) is 18.0 Å². The van der Waals surface area contributed by atoms with Gasteiger partial charge in [0.2, 0.25) is 0 Å². The Hall–Kier alpha value is -1.10. The van der Waals surface area contributed by atoms with E-state index in [1.165, 1.54) is 0 Å². The molecule has 4 nitrogen and oxygen atoms in total. The summed E-state index contributed by atoms with van der Waals surface area (Å²) in [5.41, 5.74) is 1.06. The van der Waals surface area contributed by atoms with Gasteiger partial charge in [0, 0.05) is 25.3 Å². The van der Waals surface area contributed by atoms with Gasteiger partial charge in [-0.15, -0.1) is 0 Å². The molecular formula is C11H20N4S. The Bertz CT molecular complexity index is 332. The summed E-state index contributed by atoms with van der Waals surface area (Å²) in [6, 6.07) is 2.40. The molecule has 0 unspecified atom stereocenters. The van der Waals surface area contributed by atoms with Crippen molar-refractivity contribution in [2.24, 2.45) is 0 Å². The minimum atomic E-state index is 0.383. The van der Waals surface area contributed by atoms with Gasteiger partial charge in [-0.2, -0.15) is 5.10 Å². The second kappa shape index (κ2) is 6.48. The Morgan fingerprint density at radius 1 is 1.56 bits per heavy atom. The summed E-state index contributed by atoms with van der Waals surface area (Å²) >= 11 is 5.12. The first-order chi connectivity index (χ1) is 7.58. The number of hydrogen-bond acceptors (Lipinski definition) is 2. The average molecular weight is 240 g/mol. The normalized spacial score (nSPS) is 10.5. The van der Waals surface area contributed by atoms with Crippen LogP contribution in [0.15, 0.2) is 12.3 Å². The standard InChI is InChI=1S/C11H20N4S/c1-9(2)13-11(16)12-6-4-7-15-8-5-10(3)14-15/h5,8-9H,4,6-7H2,1-3H3,(H2,12,13,16). The molecule has 0 aliphatic heterocycles. The van der Waals surface area contributed by atoms with Gasteiger partial charge in [0.15, 0.2) is 5.11 Å². The predicted octanol–water partition coefficient (Wildman–Crippen LogP) is 1.45. The second-order valence-electron chi connectivity index (χ2n) is 4.13. The Kier molecular flexibility index (Phi) is 5.25. The van der Waals surface area contributed by atoms with E-state index in [0.29, 0.717) is 6.04 Å². The van der Waals surface area contributed by atoms with Gasteiger partial charge >= 0.3 is 0 Å². The van der Waals surface area contributed by atoms with Crippen LogP contribution in [0.25, 0.3) is 0 Å². The molecular weight excluding hydrogens is 220 g/mol. The summed E-state index contributed by atoms with van der Waals surface area (Å²) in [6.07, 6.45) is 3.01. The molecule has 0 saturated carbocycles. The molecule has 0 saturated heterocycles. The molecule has 5 heteroatoms. The van der Waals surface area contributed by atoms with E-state index in [1.807, 2.05) is 23.9 Å². The summed E-state index contributed by atoms with van der Waals surface area (Å²) in [7, 11) is 0. The molecule has 0 amide bonds. The Balaban J connectivity index is 2.10. The molecule has 0 bridgehead atoms. The molecule has 16 heavy (non-hydrogen) atoms. The summed E-state index contributed by atoms with van der Waals surface area (Å²) < 4.78 is 1.95. The quantitative estimate of drug-likeness (QED) is 0.604. The zero-order valence-electron chi connectivity index (χ0n) is 10.2. The highest BCUT2D eigenvalue weighted by Gasteiger charge is 1.98. The van der Waals surface area contributed by atoms with Crippen LogP contribution in [0.1, 0.15) is 26.0 Å². The largest absolute Gasteiger partial charge is 0.363 e. The maximum Gasteiger partial charge on any atom is 0.166 e. The van der Waals surface area contributed by atoms with Crippen molar-refractivity contribution in [2.45, 2.75) is 39.8 Å². The van der Waals surface area contributed by atoms with E-state index in [0.717, 1.165) is 30.3 Å². The van der Waals surface area contributed by atoms with Crippen LogP contribution in [-0.2, 0) is 6.54 Å². The predicted molar refractivity (Wildman–Crippen MR) is 70.5 cm³/mol. The van der Waals surface area contributed by atoms with Gasteiger partial charge in [0.1, 0.15) is 0 Å². The van der Waals surface area contributed by atoms with E-state index < -0.39 is 0 Å². The van der Waals surface area contributed by atoms with Crippen molar-refractivity contribution in [1.82, 2.24) is 20.4 Å². The molecule has 0 atom stereocenters. The number of aromatic nitrogens is 2. The smallest absolute Gasteiger partial charge is 0.166 e. The van der Waals surface area contributed by atoms with Gasteiger partial charge in [-0.25, -0.2) is 0 Å². The van der Waals surface area contributed by atoms with Crippen molar-refractivity contribution < 1.29 is 0 Å². The molecule has 1 heterocycles. The van der Waals surface area contributed by atoms with E-state index in [1.54, 1.807) is 0 Å². The summed E-state index contributed by atoms with van der Waals surface area (Å²) in [6.45, 7) is 7.93. The van der Waals surface area contributed by atoms with Crippen molar-refractivity contribution in [3.8, 4) is 0 Å². The van der Waals surface area contributed by atoms with Crippen LogP contribution in [0.3, 0.4) is 0 Å². The lowest BCUT2D eigenvalue weighted by molar-refractivity contribution is 0.567. The maximum atomic E-state index is 5.12. The zero-order chi connectivity index (χ0) is 12.0. The minimum absolute atomic E-state index is 0.383. The third kappa shape index (κ3) is 5.11. The molecule has 0 aromatic carbocycles. The number of nitrogens with one attached hydrogen (secondary N) is 2. The highest BCUT2D eigenvalue weighted by atomic mass is 32.1. The van der Waals surface area contributed by atoms with Crippen LogP contribution >= 0.6 is 12.2 Å². The molecule has 0 aliphatic carbocycles. The molecule has 0 spiro atoms. The number of thiocarbonyl (C=S) groups is 1. The Morgan fingerprint density at radius 3 is 2.88 bits per heavy atom. The molecule has 0 radical (unpaired) electrons. The highest BCUT2D eigenvalue weighted by Crippen LogP contribution is 1.93. The van der Waals surface area contributed by atoms with Gasteiger partial charge in [-0.1, -0.05) is 0 Å². The first-order valence-corrected chi connectivity index (χ1v) is 6.03. The van der Waals surface area contributed by atoms with E-state index in [9.17, 15) is 0 Å². The van der Waals surface area contributed by atoms with Crippen LogP contribution in [0.2, 0.25) is 0 Å². The van der Waals surface area contributed by atoms with E-state index in [2.05, 4.69) is 29.6 Å². The lowest BCUT2D eigenvalue weighted by atomic mass is 10.4. The molecule has 2 N–H and O–H groups in total. The summed E-state index contributed by atoms with van der Waals surface area (Å²) in [5.74, 6) is 0. The first kappa shape index (κ1) is 13.0. The van der Waals surface area contributed by atoms with Crippen LogP contribution in [-0.4, -0.2) is 27.5 Å². The molecule has 1 aromatic heterocycles. The third-order valence-corrected chi connectivity index (χ3v) is 2.31. The van der Waals surface area contributed by atoms with Crippen LogP contribution in [0.4, 0.5) is 0 Å². The monoisotopic (exact) mass is 240 g/mol. The Labute approximate surface area is 102 Å². The van der Waals surface area contributed by atoms with Gasteiger partial charge in [-0.05, 0) is 45.5 Å². The second-order valence-corrected chi connectivity index (χ2v) is 4.54. The Morgan fingerprint density at radius 2 is 2.31 bits per heavy atom. The molecule has 90 valence electrons. The highest BCUT2D eigenvalue weighted by molar-refractivity contribution is 7.80. The van der Waals surface area contributed by atoms with E-state index in [4.69, 9.17) is 12.2 Å². The molecule has 0 fully saturated rings. The fourth-order valence-electron chi connectivity index (χ4n) is 1.34. The summed E-state index contributed by atoms with van der Waals surface area (Å²) in [4.78, 5) is 0. The first-order valence-electron chi connectivity index (χ1n) is 5.62. The van der Waals surface area contributed by atoms with Crippen molar-refractivity contribution >= 4 is 17.3 Å². The van der Waals surface area contributed by atoms with Gasteiger partial charge in [0.05, 0.1) is 5.69 Å². The lowest BCUT2D eigenvalue weighted by Crippen LogP contribution is -2.39. The lowest BCUT2D eigenvalue weighted by Gasteiger charge is -2.12. The fourth-order valence-corrected chi connectivity index (χ4v) is 1.68. The molecule has 1 rings (SSSR count). The maximum absolute atomic E-state index is 5.12. The SMILES string of the molecule is Cc1ccn(CCCNC(=S)NC(C)C)n1. The van der Waals surface area contributed by atoms with Gasteiger partial charge in [-0.3, -0.25) is 4.68 Å². The van der Waals surface area contributed by atoms with Crippen LogP contribution in [0.5, 0.6) is 0 Å². The molecule has 1 aromatic rings. The van der Waals surface area contributed by atoms with Crippen molar-refractivity contribution in [1.29, 1.82) is 0 Å². The number of hydrogen-bond donors (Lipinski definition) is 2. The number of nitrogens with zero attached hydrogens (tertiary/aromatic N) is 2.